The second-order valence-electron chi connectivity index (χ2n) is 6.59. The molecule has 0 aliphatic rings. The number of oxazole rings is 1. The molecular formula is C22H16Cl2N2O3S. The standard InChI is InChI=1S/C22H16Cl2N2O3S/c23-16-10-6-11-17(24)20(16)21-22(15-9-4-5-12-18(15)30(25,27)28)29-19(26-21)13-14-7-2-1-3-8-14/h1-12H,13H2,(H2,25,27,28). The third kappa shape index (κ3) is 4.13. The molecule has 0 unspecified atom stereocenters. The predicted molar refractivity (Wildman–Crippen MR) is 118 cm³/mol. The maximum Gasteiger partial charge on any atom is 0.238 e. The Kier molecular flexibility index (Phi) is 5.66. The molecule has 0 aliphatic heterocycles. The minimum atomic E-state index is -4.00. The van der Waals surface area contributed by atoms with Crippen LogP contribution in [0.25, 0.3) is 22.6 Å². The average Bonchev–Trinajstić information content (AvgIpc) is 3.11. The van der Waals surface area contributed by atoms with Gasteiger partial charge in [0.25, 0.3) is 0 Å². The van der Waals surface area contributed by atoms with Crippen LogP contribution in [0.3, 0.4) is 0 Å². The molecule has 4 rings (SSSR count). The molecule has 0 spiro atoms. The summed E-state index contributed by atoms with van der Waals surface area (Å²) in [5.74, 6) is 0.631. The summed E-state index contributed by atoms with van der Waals surface area (Å²) in [6.07, 6.45) is 0.410. The molecule has 0 fully saturated rings. The Balaban J connectivity index is 1.96. The van der Waals surface area contributed by atoms with Gasteiger partial charge in [-0.2, -0.15) is 0 Å². The van der Waals surface area contributed by atoms with Crippen LogP contribution in [-0.2, 0) is 16.4 Å². The van der Waals surface area contributed by atoms with Gasteiger partial charge in [0, 0.05) is 17.5 Å². The number of sulfonamides is 1. The van der Waals surface area contributed by atoms with Crippen LogP contribution in [0.4, 0.5) is 0 Å². The molecule has 0 bridgehead atoms. The van der Waals surface area contributed by atoms with Crippen LogP contribution in [-0.4, -0.2) is 13.4 Å². The van der Waals surface area contributed by atoms with Crippen molar-refractivity contribution in [3.8, 4) is 22.6 Å². The molecule has 30 heavy (non-hydrogen) atoms. The molecule has 0 radical (unpaired) electrons. The number of primary sulfonamides is 1. The van der Waals surface area contributed by atoms with E-state index >= 15 is 0 Å². The van der Waals surface area contributed by atoms with Crippen LogP contribution in [0.15, 0.2) is 82.1 Å². The minimum absolute atomic E-state index is 0.0724. The number of benzene rings is 3. The first kappa shape index (κ1) is 20.6. The second kappa shape index (κ2) is 8.24. The summed E-state index contributed by atoms with van der Waals surface area (Å²) >= 11 is 12.8. The van der Waals surface area contributed by atoms with Gasteiger partial charge in [0.2, 0.25) is 10.0 Å². The molecule has 0 saturated heterocycles. The topological polar surface area (TPSA) is 86.2 Å². The van der Waals surface area contributed by atoms with Gasteiger partial charge in [-0.3, -0.25) is 0 Å². The van der Waals surface area contributed by atoms with Gasteiger partial charge in [-0.1, -0.05) is 71.7 Å². The summed E-state index contributed by atoms with van der Waals surface area (Å²) in [5, 5.41) is 6.18. The summed E-state index contributed by atoms with van der Waals surface area (Å²) in [4.78, 5) is 4.55. The van der Waals surface area contributed by atoms with E-state index in [1.54, 1.807) is 36.4 Å². The minimum Gasteiger partial charge on any atom is -0.440 e. The first-order valence-corrected chi connectivity index (χ1v) is 11.2. The Morgan fingerprint density at radius 1 is 0.867 bits per heavy atom. The van der Waals surface area contributed by atoms with Crippen molar-refractivity contribution in [3.05, 3.63) is 94.3 Å². The van der Waals surface area contributed by atoms with Crippen molar-refractivity contribution in [2.24, 2.45) is 5.14 Å². The molecule has 8 heteroatoms. The van der Waals surface area contributed by atoms with Crippen molar-refractivity contribution < 1.29 is 12.8 Å². The van der Waals surface area contributed by atoms with E-state index in [4.69, 9.17) is 32.8 Å². The summed E-state index contributed by atoms with van der Waals surface area (Å²) < 4.78 is 30.4. The molecule has 5 nitrogen and oxygen atoms in total. The van der Waals surface area contributed by atoms with Crippen LogP contribution in [0.5, 0.6) is 0 Å². The zero-order valence-electron chi connectivity index (χ0n) is 15.5. The van der Waals surface area contributed by atoms with E-state index in [2.05, 4.69) is 4.98 Å². The van der Waals surface area contributed by atoms with Crippen molar-refractivity contribution in [1.82, 2.24) is 4.98 Å². The van der Waals surface area contributed by atoms with Gasteiger partial charge in [0.1, 0.15) is 5.69 Å². The Morgan fingerprint density at radius 3 is 2.17 bits per heavy atom. The highest BCUT2D eigenvalue weighted by Gasteiger charge is 2.25. The lowest BCUT2D eigenvalue weighted by atomic mass is 10.1. The van der Waals surface area contributed by atoms with Crippen molar-refractivity contribution in [2.45, 2.75) is 11.3 Å². The fourth-order valence-electron chi connectivity index (χ4n) is 3.19. The van der Waals surface area contributed by atoms with Crippen molar-refractivity contribution >= 4 is 33.2 Å². The molecular weight excluding hydrogens is 443 g/mol. The summed E-state index contributed by atoms with van der Waals surface area (Å²) in [5.41, 5.74) is 2.09. The lowest BCUT2D eigenvalue weighted by Crippen LogP contribution is -2.13. The molecule has 0 saturated carbocycles. The quantitative estimate of drug-likeness (QED) is 0.424. The van der Waals surface area contributed by atoms with Crippen LogP contribution >= 0.6 is 23.2 Å². The van der Waals surface area contributed by atoms with Crippen molar-refractivity contribution in [1.29, 1.82) is 0 Å². The Labute approximate surface area is 184 Å². The van der Waals surface area contributed by atoms with Crippen molar-refractivity contribution in [3.63, 3.8) is 0 Å². The highest BCUT2D eigenvalue weighted by atomic mass is 35.5. The Hall–Kier alpha value is -2.64. The van der Waals surface area contributed by atoms with E-state index in [1.165, 1.54) is 6.07 Å². The van der Waals surface area contributed by atoms with Gasteiger partial charge in [-0.05, 0) is 29.8 Å². The molecule has 0 atom stereocenters. The monoisotopic (exact) mass is 458 g/mol. The molecule has 152 valence electrons. The third-order valence-electron chi connectivity index (χ3n) is 4.51. The molecule has 1 aromatic heterocycles. The third-order valence-corrected chi connectivity index (χ3v) is 6.11. The smallest absolute Gasteiger partial charge is 0.238 e. The lowest BCUT2D eigenvalue weighted by Gasteiger charge is -2.09. The van der Waals surface area contributed by atoms with E-state index in [-0.39, 0.29) is 16.2 Å². The average molecular weight is 459 g/mol. The lowest BCUT2D eigenvalue weighted by molar-refractivity contribution is 0.518. The highest BCUT2D eigenvalue weighted by Crippen LogP contribution is 2.42. The number of aromatic nitrogens is 1. The van der Waals surface area contributed by atoms with Gasteiger partial charge in [0.05, 0.1) is 14.9 Å². The number of hydrogen-bond acceptors (Lipinski definition) is 4. The maximum absolute atomic E-state index is 12.2. The summed E-state index contributed by atoms with van der Waals surface area (Å²) in [7, 11) is -4.00. The maximum atomic E-state index is 12.2. The van der Waals surface area contributed by atoms with Crippen LogP contribution in [0.1, 0.15) is 11.5 Å². The van der Waals surface area contributed by atoms with E-state index in [0.29, 0.717) is 33.6 Å². The first-order valence-electron chi connectivity index (χ1n) is 8.95. The van der Waals surface area contributed by atoms with Crippen LogP contribution in [0, 0.1) is 0 Å². The SMILES string of the molecule is NS(=O)(=O)c1ccccc1-c1oc(Cc2ccccc2)nc1-c1c(Cl)cccc1Cl. The van der Waals surface area contributed by atoms with E-state index in [0.717, 1.165) is 5.56 Å². The van der Waals surface area contributed by atoms with Gasteiger partial charge >= 0.3 is 0 Å². The number of nitrogens with zero attached hydrogens (tertiary/aromatic N) is 1. The number of halogens is 2. The summed E-state index contributed by atoms with van der Waals surface area (Å²) in [6.45, 7) is 0. The molecule has 4 aromatic rings. The number of hydrogen-bond donors (Lipinski definition) is 1. The number of rotatable bonds is 5. The fraction of sp³-hybridized carbons (Fsp3) is 0.0455. The predicted octanol–water partition coefficient (Wildman–Crippen LogP) is 5.55. The number of nitrogens with two attached hydrogens (primary N) is 1. The van der Waals surface area contributed by atoms with Crippen LogP contribution in [0.2, 0.25) is 10.0 Å². The zero-order chi connectivity index (χ0) is 21.3. The van der Waals surface area contributed by atoms with E-state index < -0.39 is 10.0 Å². The fourth-order valence-corrected chi connectivity index (χ4v) is 4.50. The highest BCUT2D eigenvalue weighted by molar-refractivity contribution is 7.89. The largest absolute Gasteiger partial charge is 0.440 e. The molecule has 1 heterocycles. The Bertz CT molecular complexity index is 1300. The van der Waals surface area contributed by atoms with Crippen molar-refractivity contribution in [2.75, 3.05) is 0 Å². The molecule has 0 aliphatic carbocycles. The van der Waals surface area contributed by atoms with E-state index in [1.807, 2.05) is 30.3 Å². The van der Waals surface area contributed by atoms with Crippen LogP contribution < -0.4 is 5.14 Å². The van der Waals surface area contributed by atoms with Gasteiger partial charge < -0.3 is 4.42 Å². The summed E-state index contributed by atoms with van der Waals surface area (Å²) in [6, 6.07) is 21.1. The first-order chi connectivity index (χ1) is 14.3. The van der Waals surface area contributed by atoms with Gasteiger partial charge in [-0.25, -0.2) is 18.5 Å². The van der Waals surface area contributed by atoms with Gasteiger partial charge in [0.15, 0.2) is 11.7 Å². The second-order valence-corrected chi connectivity index (χ2v) is 8.93. The van der Waals surface area contributed by atoms with Gasteiger partial charge in [-0.15, -0.1) is 0 Å². The Morgan fingerprint density at radius 2 is 1.50 bits per heavy atom. The van der Waals surface area contributed by atoms with E-state index in [9.17, 15) is 8.42 Å². The molecule has 3 aromatic carbocycles. The molecule has 0 amide bonds. The molecule has 2 N–H and O–H groups in total. The normalized spacial score (nSPS) is 11.6. The zero-order valence-corrected chi connectivity index (χ0v) is 17.9.